The minimum Gasteiger partial charge on any atom is -0.354 e. The molecule has 0 radical (unpaired) electrons. The first kappa shape index (κ1) is 20.5. The van der Waals surface area contributed by atoms with Gasteiger partial charge in [-0.25, -0.2) is 0 Å². The van der Waals surface area contributed by atoms with E-state index in [1.807, 2.05) is 31.2 Å². The molecule has 1 heterocycles. The Balaban J connectivity index is 0.00000288. The summed E-state index contributed by atoms with van der Waals surface area (Å²) in [6.07, 6.45) is 3.41. The topological polar surface area (TPSA) is 70.2 Å². The molecule has 5 nitrogen and oxygen atoms in total. The fraction of sp³-hybridized carbons (Fsp3) is 0.556. The normalized spacial score (nSPS) is 16.8. The Labute approximate surface area is 150 Å². The van der Waals surface area contributed by atoms with E-state index in [-0.39, 0.29) is 30.8 Å². The summed E-state index contributed by atoms with van der Waals surface area (Å²) in [7, 11) is 0. The SMILES string of the molecule is Cc1ccc(CCC(=O)NCC(=O)NCC2CCCNC2)cc1.Cl. The van der Waals surface area contributed by atoms with E-state index in [1.165, 1.54) is 5.56 Å². The Morgan fingerprint density at radius 1 is 1.17 bits per heavy atom. The van der Waals surface area contributed by atoms with Gasteiger partial charge in [-0.2, -0.15) is 0 Å². The van der Waals surface area contributed by atoms with Gasteiger partial charge >= 0.3 is 0 Å². The van der Waals surface area contributed by atoms with Crippen LogP contribution in [0.5, 0.6) is 0 Å². The number of piperidine rings is 1. The Morgan fingerprint density at radius 3 is 2.58 bits per heavy atom. The number of amides is 2. The number of carbonyl (C=O) groups excluding carboxylic acids is 2. The molecule has 1 aromatic carbocycles. The number of benzene rings is 1. The second-order valence-corrected chi connectivity index (χ2v) is 6.28. The lowest BCUT2D eigenvalue weighted by Gasteiger charge is -2.22. The average molecular weight is 354 g/mol. The van der Waals surface area contributed by atoms with Crippen LogP contribution in [0.1, 0.15) is 30.4 Å². The van der Waals surface area contributed by atoms with Crippen molar-refractivity contribution in [2.45, 2.75) is 32.6 Å². The predicted octanol–water partition coefficient (Wildman–Crippen LogP) is 1.58. The van der Waals surface area contributed by atoms with Crippen LogP contribution in [0, 0.1) is 12.8 Å². The van der Waals surface area contributed by atoms with E-state index >= 15 is 0 Å². The smallest absolute Gasteiger partial charge is 0.239 e. The molecule has 3 N–H and O–H groups in total. The molecule has 2 rings (SSSR count). The van der Waals surface area contributed by atoms with Crippen LogP contribution in [0.4, 0.5) is 0 Å². The summed E-state index contributed by atoms with van der Waals surface area (Å²) >= 11 is 0. The number of hydrogen-bond acceptors (Lipinski definition) is 3. The Bertz CT molecular complexity index is 514. The standard InChI is InChI=1S/C18H27N3O2.ClH/c1-14-4-6-15(7-5-14)8-9-17(22)21-13-18(23)20-12-16-3-2-10-19-11-16;/h4-7,16,19H,2-3,8-13H2,1H3,(H,20,23)(H,21,22);1H. The highest BCUT2D eigenvalue weighted by atomic mass is 35.5. The minimum atomic E-state index is -0.112. The van der Waals surface area contributed by atoms with Crippen molar-refractivity contribution in [1.82, 2.24) is 16.0 Å². The second-order valence-electron chi connectivity index (χ2n) is 6.28. The summed E-state index contributed by atoms with van der Waals surface area (Å²) in [5.74, 6) is 0.309. The quantitative estimate of drug-likeness (QED) is 0.697. The van der Waals surface area contributed by atoms with Crippen LogP contribution < -0.4 is 16.0 Å². The third-order valence-corrected chi connectivity index (χ3v) is 4.19. The lowest BCUT2D eigenvalue weighted by molar-refractivity contribution is -0.126. The Kier molecular flexibility index (Phi) is 9.42. The van der Waals surface area contributed by atoms with Crippen molar-refractivity contribution >= 4 is 24.2 Å². The van der Waals surface area contributed by atoms with Gasteiger partial charge in [0, 0.05) is 13.0 Å². The molecule has 1 unspecified atom stereocenters. The summed E-state index contributed by atoms with van der Waals surface area (Å²) < 4.78 is 0. The zero-order valence-corrected chi connectivity index (χ0v) is 15.1. The van der Waals surface area contributed by atoms with E-state index in [0.29, 0.717) is 25.3 Å². The fourth-order valence-electron chi connectivity index (χ4n) is 2.70. The van der Waals surface area contributed by atoms with Gasteiger partial charge in [0.05, 0.1) is 6.54 Å². The van der Waals surface area contributed by atoms with Crippen LogP contribution >= 0.6 is 12.4 Å². The molecule has 134 valence electrons. The highest BCUT2D eigenvalue weighted by Gasteiger charge is 2.14. The maximum Gasteiger partial charge on any atom is 0.239 e. The van der Waals surface area contributed by atoms with Crippen LogP contribution in [0.3, 0.4) is 0 Å². The van der Waals surface area contributed by atoms with Gasteiger partial charge in [0.25, 0.3) is 0 Å². The van der Waals surface area contributed by atoms with Crippen LogP contribution in [-0.4, -0.2) is 38.0 Å². The molecular formula is C18H28ClN3O2. The van der Waals surface area contributed by atoms with Gasteiger partial charge in [-0.15, -0.1) is 12.4 Å². The maximum absolute atomic E-state index is 11.8. The highest BCUT2D eigenvalue weighted by molar-refractivity contribution is 5.85. The highest BCUT2D eigenvalue weighted by Crippen LogP contribution is 2.08. The largest absolute Gasteiger partial charge is 0.354 e. The third kappa shape index (κ3) is 7.79. The summed E-state index contributed by atoms with van der Waals surface area (Å²) in [6, 6.07) is 8.16. The van der Waals surface area contributed by atoms with Gasteiger partial charge < -0.3 is 16.0 Å². The summed E-state index contributed by atoms with van der Waals surface area (Å²) in [5.41, 5.74) is 2.35. The van der Waals surface area contributed by atoms with Gasteiger partial charge in [-0.1, -0.05) is 29.8 Å². The van der Waals surface area contributed by atoms with Crippen LogP contribution in [0.25, 0.3) is 0 Å². The molecule has 2 amide bonds. The van der Waals surface area contributed by atoms with Gasteiger partial charge in [-0.3, -0.25) is 9.59 Å². The molecular weight excluding hydrogens is 326 g/mol. The zero-order chi connectivity index (χ0) is 16.5. The lowest BCUT2D eigenvalue weighted by atomic mass is 10.00. The molecule has 0 aromatic heterocycles. The van der Waals surface area contributed by atoms with Gasteiger partial charge in [0.15, 0.2) is 0 Å². The van der Waals surface area contributed by atoms with E-state index < -0.39 is 0 Å². The molecule has 0 bridgehead atoms. The molecule has 24 heavy (non-hydrogen) atoms. The first-order valence-corrected chi connectivity index (χ1v) is 8.43. The monoisotopic (exact) mass is 353 g/mol. The first-order valence-electron chi connectivity index (χ1n) is 8.43. The van der Waals surface area contributed by atoms with Crippen molar-refractivity contribution in [3.8, 4) is 0 Å². The number of carbonyl (C=O) groups is 2. The number of rotatable bonds is 7. The fourth-order valence-corrected chi connectivity index (χ4v) is 2.70. The Hall–Kier alpha value is -1.59. The van der Waals surface area contributed by atoms with Crippen LogP contribution in [0.2, 0.25) is 0 Å². The second kappa shape index (κ2) is 11.0. The molecule has 0 spiro atoms. The Morgan fingerprint density at radius 2 is 1.92 bits per heavy atom. The number of halogens is 1. The van der Waals surface area contributed by atoms with Crippen LogP contribution in [0.15, 0.2) is 24.3 Å². The third-order valence-electron chi connectivity index (χ3n) is 4.19. The van der Waals surface area contributed by atoms with Crippen molar-refractivity contribution in [2.75, 3.05) is 26.2 Å². The molecule has 1 aliphatic heterocycles. The molecule has 0 aliphatic carbocycles. The van der Waals surface area contributed by atoms with Crippen LogP contribution in [-0.2, 0) is 16.0 Å². The molecule has 1 aromatic rings. The molecule has 1 fully saturated rings. The number of hydrogen-bond donors (Lipinski definition) is 3. The molecule has 1 atom stereocenters. The molecule has 6 heteroatoms. The first-order chi connectivity index (χ1) is 11.1. The molecule has 0 saturated carbocycles. The number of nitrogens with one attached hydrogen (secondary N) is 3. The van der Waals surface area contributed by atoms with Crippen molar-refractivity contribution in [1.29, 1.82) is 0 Å². The van der Waals surface area contributed by atoms with Crippen molar-refractivity contribution < 1.29 is 9.59 Å². The molecule has 1 saturated heterocycles. The molecule has 1 aliphatic rings. The number of aryl methyl sites for hydroxylation is 2. The predicted molar refractivity (Wildman–Crippen MR) is 98.4 cm³/mol. The zero-order valence-electron chi connectivity index (χ0n) is 14.3. The van der Waals surface area contributed by atoms with Crippen molar-refractivity contribution in [3.63, 3.8) is 0 Å². The summed E-state index contributed by atoms with van der Waals surface area (Å²) in [4.78, 5) is 23.5. The van der Waals surface area contributed by atoms with Crippen molar-refractivity contribution in [2.24, 2.45) is 5.92 Å². The maximum atomic E-state index is 11.8. The summed E-state index contributed by atoms with van der Waals surface area (Å²) in [5, 5.41) is 8.90. The van der Waals surface area contributed by atoms with E-state index in [0.717, 1.165) is 31.5 Å². The summed E-state index contributed by atoms with van der Waals surface area (Å²) in [6.45, 7) is 4.82. The van der Waals surface area contributed by atoms with E-state index in [4.69, 9.17) is 0 Å². The van der Waals surface area contributed by atoms with E-state index in [1.54, 1.807) is 0 Å². The van der Waals surface area contributed by atoms with Gasteiger partial charge in [0.2, 0.25) is 11.8 Å². The average Bonchev–Trinajstić information content (AvgIpc) is 2.58. The van der Waals surface area contributed by atoms with E-state index in [2.05, 4.69) is 16.0 Å². The van der Waals surface area contributed by atoms with Gasteiger partial charge in [0.1, 0.15) is 0 Å². The lowest BCUT2D eigenvalue weighted by Crippen LogP contribution is -2.42. The van der Waals surface area contributed by atoms with Crippen molar-refractivity contribution in [3.05, 3.63) is 35.4 Å². The van der Waals surface area contributed by atoms with E-state index in [9.17, 15) is 9.59 Å². The minimum absolute atomic E-state index is 0. The van der Waals surface area contributed by atoms with Gasteiger partial charge in [-0.05, 0) is 50.8 Å².